The first-order chi connectivity index (χ1) is 12.9. The van der Waals surface area contributed by atoms with Crippen molar-refractivity contribution in [1.82, 2.24) is 5.32 Å². The second-order valence-corrected chi connectivity index (χ2v) is 6.91. The molecule has 2 rings (SSSR count). The van der Waals surface area contributed by atoms with Gasteiger partial charge in [0.2, 0.25) is 0 Å². The number of esters is 1. The lowest BCUT2D eigenvalue weighted by molar-refractivity contribution is -0.125. The molecule has 140 valence electrons. The Morgan fingerprint density at radius 2 is 1.74 bits per heavy atom. The van der Waals surface area contributed by atoms with Gasteiger partial charge in [-0.15, -0.1) is 0 Å². The average Bonchev–Trinajstić information content (AvgIpc) is 2.67. The highest BCUT2D eigenvalue weighted by Gasteiger charge is 2.30. The van der Waals surface area contributed by atoms with Gasteiger partial charge in [-0.3, -0.25) is 4.79 Å². The van der Waals surface area contributed by atoms with Gasteiger partial charge in [0.25, 0.3) is 5.91 Å². The number of benzene rings is 2. The Hall–Kier alpha value is -3.13. The monoisotopic (exact) mass is 364 g/mol. The molecule has 1 amide bonds. The fourth-order valence-electron chi connectivity index (χ4n) is 2.53. The lowest BCUT2D eigenvalue weighted by Gasteiger charge is -2.27. The third kappa shape index (κ3) is 5.42. The summed E-state index contributed by atoms with van der Waals surface area (Å²) in [6, 6.07) is 19.1. The van der Waals surface area contributed by atoms with Crippen LogP contribution in [0.1, 0.15) is 42.3 Å². The maximum absolute atomic E-state index is 12.5. The molecule has 1 atom stereocenters. The SMILES string of the molecule is CC(C)[C@@](C)(C#N)NC(=O)COC(=O)c1ccccc1Cc1ccccc1. The van der Waals surface area contributed by atoms with E-state index in [9.17, 15) is 14.9 Å². The quantitative estimate of drug-likeness (QED) is 0.763. The topological polar surface area (TPSA) is 79.2 Å². The lowest BCUT2D eigenvalue weighted by atomic mass is 9.90. The van der Waals surface area contributed by atoms with Crippen LogP contribution in [-0.4, -0.2) is 24.0 Å². The number of ether oxygens (including phenoxy) is 1. The van der Waals surface area contributed by atoms with Gasteiger partial charge in [-0.2, -0.15) is 5.26 Å². The molecule has 5 heteroatoms. The molecule has 0 unspecified atom stereocenters. The Kier molecular flexibility index (Phi) is 6.73. The van der Waals surface area contributed by atoms with E-state index in [4.69, 9.17) is 4.74 Å². The van der Waals surface area contributed by atoms with Crippen LogP contribution in [0.5, 0.6) is 0 Å². The van der Waals surface area contributed by atoms with Crippen LogP contribution in [0.4, 0.5) is 0 Å². The van der Waals surface area contributed by atoms with Crippen LogP contribution < -0.4 is 5.32 Å². The zero-order valence-corrected chi connectivity index (χ0v) is 15.9. The number of rotatable bonds is 7. The molecule has 5 nitrogen and oxygen atoms in total. The van der Waals surface area contributed by atoms with Crippen LogP contribution in [0.25, 0.3) is 0 Å². The molecule has 0 saturated carbocycles. The third-order valence-electron chi connectivity index (χ3n) is 4.60. The molecule has 0 spiro atoms. The number of carbonyl (C=O) groups excluding carboxylic acids is 2. The minimum Gasteiger partial charge on any atom is -0.452 e. The molecule has 1 N–H and O–H groups in total. The Balaban J connectivity index is 2.02. The van der Waals surface area contributed by atoms with E-state index in [-0.39, 0.29) is 5.92 Å². The number of amides is 1. The van der Waals surface area contributed by atoms with E-state index in [0.29, 0.717) is 12.0 Å². The number of hydrogen-bond acceptors (Lipinski definition) is 4. The maximum Gasteiger partial charge on any atom is 0.338 e. The standard InChI is InChI=1S/C22H24N2O3/c1-16(2)22(3,15-23)24-20(25)14-27-21(26)19-12-8-7-11-18(19)13-17-9-5-4-6-10-17/h4-12,16H,13-14H2,1-3H3,(H,24,25)/t22-/m1/s1. The van der Waals surface area contributed by atoms with Crippen molar-refractivity contribution in [2.24, 2.45) is 5.92 Å². The fraction of sp³-hybridized carbons (Fsp3) is 0.318. The smallest absolute Gasteiger partial charge is 0.338 e. The lowest BCUT2D eigenvalue weighted by Crippen LogP contribution is -2.50. The number of nitriles is 1. The van der Waals surface area contributed by atoms with Gasteiger partial charge < -0.3 is 10.1 Å². The summed E-state index contributed by atoms with van der Waals surface area (Å²) >= 11 is 0. The van der Waals surface area contributed by atoms with Crippen molar-refractivity contribution >= 4 is 11.9 Å². The molecule has 0 aromatic heterocycles. The van der Waals surface area contributed by atoms with E-state index in [2.05, 4.69) is 11.4 Å². The first-order valence-electron chi connectivity index (χ1n) is 8.87. The van der Waals surface area contributed by atoms with Gasteiger partial charge >= 0.3 is 5.97 Å². The number of carbonyl (C=O) groups is 2. The minimum atomic E-state index is -1.01. The van der Waals surface area contributed by atoms with Crippen LogP contribution in [0.15, 0.2) is 54.6 Å². The number of hydrogen-bond donors (Lipinski definition) is 1. The van der Waals surface area contributed by atoms with E-state index in [1.807, 2.05) is 56.3 Å². The van der Waals surface area contributed by atoms with E-state index in [1.165, 1.54) is 0 Å². The van der Waals surface area contributed by atoms with Gasteiger partial charge in [0.15, 0.2) is 6.61 Å². The van der Waals surface area contributed by atoms with Gasteiger partial charge in [-0.25, -0.2) is 4.79 Å². The van der Waals surface area contributed by atoms with Crippen LogP contribution in [-0.2, 0) is 16.0 Å². The normalized spacial score (nSPS) is 12.7. The molecule has 0 aliphatic rings. The molecule has 2 aromatic rings. The van der Waals surface area contributed by atoms with Crippen LogP contribution >= 0.6 is 0 Å². The molecule has 27 heavy (non-hydrogen) atoms. The highest BCUT2D eigenvalue weighted by molar-refractivity contribution is 5.93. The van der Waals surface area contributed by atoms with Crippen molar-refractivity contribution in [2.45, 2.75) is 32.7 Å². The summed E-state index contributed by atoms with van der Waals surface area (Å²) in [5.74, 6) is -1.13. The van der Waals surface area contributed by atoms with Crippen LogP contribution in [0, 0.1) is 17.2 Å². The van der Waals surface area contributed by atoms with Crippen LogP contribution in [0.2, 0.25) is 0 Å². The van der Waals surface area contributed by atoms with Crippen molar-refractivity contribution in [2.75, 3.05) is 6.61 Å². The Morgan fingerprint density at radius 1 is 1.11 bits per heavy atom. The van der Waals surface area contributed by atoms with E-state index in [1.54, 1.807) is 19.1 Å². The van der Waals surface area contributed by atoms with E-state index in [0.717, 1.165) is 11.1 Å². The second kappa shape index (κ2) is 9.00. The van der Waals surface area contributed by atoms with Crippen molar-refractivity contribution in [3.8, 4) is 6.07 Å². The summed E-state index contributed by atoms with van der Waals surface area (Å²) in [4.78, 5) is 24.6. The molecule has 0 radical (unpaired) electrons. The Morgan fingerprint density at radius 3 is 2.37 bits per heavy atom. The number of nitrogens with zero attached hydrogens (tertiary/aromatic N) is 1. The van der Waals surface area contributed by atoms with Crippen LogP contribution in [0.3, 0.4) is 0 Å². The van der Waals surface area contributed by atoms with Gasteiger partial charge in [0.05, 0.1) is 11.6 Å². The molecule has 2 aromatic carbocycles. The summed E-state index contributed by atoms with van der Waals surface area (Å²) in [6.45, 7) is 4.90. The first-order valence-corrected chi connectivity index (χ1v) is 8.87. The largest absolute Gasteiger partial charge is 0.452 e. The molecule has 0 aliphatic heterocycles. The molecule has 0 heterocycles. The average molecular weight is 364 g/mol. The maximum atomic E-state index is 12.5. The van der Waals surface area contributed by atoms with Gasteiger partial charge in [0, 0.05) is 0 Å². The van der Waals surface area contributed by atoms with Gasteiger partial charge in [-0.05, 0) is 36.5 Å². The minimum absolute atomic E-state index is 0.0752. The first kappa shape index (κ1) is 20.2. The molecule has 0 saturated heterocycles. The van der Waals surface area contributed by atoms with Crippen molar-refractivity contribution < 1.29 is 14.3 Å². The summed E-state index contributed by atoms with van der Waals surface area (Å²) in [7, 11) is 0. The summed E-state index contributed by atoms with van der Waals surface area (Å²) < 4.78 is 5.18. The van der Waals surface area contributed by atoms with Crippen molar-refractivity contribution in [1.29, 1.82) is 5.26 Å². The van der Waals surface area contributed by atoms with Crippen molar-refractivity contribution in [3.63, 3.8) is 0 Å². The van der Waals surface area contributed by atoms with E-state index >= 15 is 0 Å². The summed E-state index contributed by atoms with van der Waals surface area (Å²) in [5.41, 5.74) is 1.34. The summed E-state index contributed by atoms with van der Waals surface area (Å²) in [5, 5.41) is 11.9. The Labute approximate surface area is 160 Å². The zero-order valence-electron chi connectivity index (χ0n) is 15.9. The Bertz CT molecular complexity index is 840. The number of nitrogens with one attached hydrogen (secondary N) is 1. The molecular formula is C22H24N2O3. The molecule has 0 aliphatic carbocycles. The van der Waals surface area contributed by atoms with E-state index < -0.39 is 24.0 Å². The highest BCUT2D eigenvalue weighted by atomic mass is 16.5. The second-order valence-electron chi connectivity index (χ2n) is 6.91. The predicted molar refractivity (Wildman–Crippen MR) is 103 cm³/mol. The summed E-state index contributed by atoms with van der Waals surface area (Å²) in [6.07, 6.45) is 0.595. The fourth-order valence-corrected chi connectivity index (χ4v) is 2.53. The zero-order chi connectivity index (χ0) is 19.9. The molecule has 0 bridgehead atoms. The predicted octanol–water partition coefficient (Wildman–Crippen LogP) is 3.49. The van der Waals surface area contributed by atoms with Gasteiger partial charge in [0.1, 0.15) is 5.54 Å². The highest BCUT2D eigenvalue weighted by Crippen LogP contribution is 2.17. The third-order valence-corrected chi connectivity index (χ3v) is 4.60. The molecular weight excluding hydrogens is 340 g/mol. The van der Waals surface area contributed by atoms with Crippen molar-refractivity contribution in [3.05, 3.63) is 71.3 Å². The molecule has 0 fully saturated rings. The van der Waals surface area contributed by atoms with Gasteiger partial charge in [-0.1, -0.05) is 62.4 Å².